The molecule has 3 rings (SSSR count). The summed E-state index contributed by atoms with van der Waals surface area (Å²) in [5, 5.41) is 3.39. The Morgan fingerprint density at radius 2 is 1.72 bits per heavy atom. The highest BCUT2D eigenvalue weighted by Crippen LogP contribution is 2.34. The van der Waals surface area contributed by atoms with Crippen LogP contribution in [0.15, 0.2) is 42.5 Å². The maximum Gasteiger partial charge on any atom is 0.244 e. The molecule has 0 aliphatic carbocycles. The number of nitrogens with one attached hydrogen (secondary N) is 1. The molecule has 2 aromatic rings. The first-order valence-corrected chi connectivity index (χ1v) is 14.1. The number of nitrogens with zero attached hydrogens (tertiary/aromatic N) is 2. The molecule has 1 atom stereocenters. The first kappa shape index (κ1) is 27.6. The van der Waals surface area contributed by atoms with Gasteiger partial charge in [0.25, 0.3) is 0 Å². The van der Waals surface area contributed by atoms with E-state index in [1.165, 1.54) is 11.0 Å². The molecule has 11 heteroatoms. The summed E-state index contributed by atoms with van der Waals surface area (Å²) in [6.45, 7) is 4.61. The second-order valence-corrected chi connectivity index (χ2v) is 10.8. The van der Waals surface area contributed by atoms with Crippen LogP contribution < -0.4 is 19.1 Å². The highest BCUT2D eigenvalue weighted by Gasteiger charge is 2.32. The first-order chi connectivity index (χ1) is 17.1. The zero-order valence-corrected chi connectivity index (χ0v) is 22.3. The summed E-state index contributed by atoms with van der Waals surface area (Å²) in [6, 6.07) is 10.9. The number of halogens is 1. The van der Waals surface area contributed by atoms with E-state index in [2.05, 4.69) is 5.32 Å². The van der Waals surface area contributed by atoms with Gasteiger partial charge >= 0.3 is 0 Å². The third-order valence-electron chi connectivity index (χ3n) is 5.69. The van der Waals surface area contributed by atoms with Gasteiger partial charge in [-0.2, -0.15) is 0 Å². The maximum atomic E-state index is 13.7. The summed E-state index contributed by atoms with van der Waals surface area (Å²) in [7, 11) is -3.85. The van der Waals surface area contributed by atoms with Crippen molar-refractivity contribution >= 4 is 39.1 Å². The van der Waals surface area contributed by atoms with E-state index >= 15 is 0 Å². The lowest BCUT2D eigenvalue weighted by Gasteiger charge is -2.33. The minimum absolute atomic E-state index is 0.118. The monoisotopic (exact) mass is 537 g/mol. The predicted octanol–water partition coefficient (Wildman–Crippen LogP) is 3.21. The summed E-state index contributed by atoms with van der Waals surface area (Å²) in [4.78, 5) is 28.0. The molecular weight excluding hydrogens is 506 g/mol. The lowest BCUT2D eigenvalue weighted by Crippen LogP contribution is -2.52. The molecule has 196 valence electrons. The van der Waals surface area contributed by atoms with Gasteiger partial charge in [-0.25, -0.2) is 8.42 Å². The topological polar surface area (TPSA) is 105 Å². The molecule has 1 aliphatic rings. The number of ether oxygens (including phenoxy) is 2. The van der Waals surface area contributed by atoms with Crippen LogP contribution >= 0.6 is 11.6 Å². The average molecular weight is 538 g/mol. The number of amides is 2. The van der Waals surface area contributed by atoms with Gasteiger partial charge in [-0.15, -0.1) is 0 Å². The number of hydrogen-bond acceptors (Lipinski definition) is 6. The van der Waals surface area contributed by atoms with Crippen LogP contribution in [0.4, 0.5) is 5.69 Å². The van der Waals surface area contributed by atoms with Crippen molar-refractivity contribution in [3.63, 3.8) is 0 Å². The van der Waals surface area contributed by atoms with Gasteiger partial charge in [0.2, 0.25) is 21.8 Å². The number of fused-ring (bicyclic) bond motifs is 1. The molecule has 36 heavy (non-hydrogen) atoms. The highest BCUT2D eigenvalue weighted by molar-refractivity contribution is 7.92. The fourth-order valence-electron chi connectivity index (χ4n) is 3.87. The molecule has 0 fully saturated rings. The predicted molar refractivity (Wildman–Crippen MR) is 139 cm³/mol. The molecule has 9 nitrogen and oxygen atoms in total. The van der Waals surface area contributed by atoms with E-state index in [0.29, 0.717) is 42.7 Å². The van der Waals surface area contributed by atoms with E-state index in [9.17, 15) is 18.0 Å². The van der Waals surface area contributed by atoms with Crippen molar-refractivity contribution in [1.82, 2.24) is 10.2 Å². The van der Waals surface area contributed by atoms with Crippen LogP contribution in [0, 0.1) is 0 Å². The van der Waals surface area contributed by atoms with Gasteiger partial charge in [-0.05, 0) is 42.7 Å². The number of carbonyl (C=O) groups is 2. The third kappa shape index (κ3) is 7.04. The Balaban J connectivity index is 1.93. The number of benzene rings is 2. The molecule has 2 aromatic carbocycles. The van der Waals surface area contributed by atoms with Gasteiger partial charge in [-0.3, -0.25) is 13.9 Å². The lowest BCUT2D eigenvalue weighted by molar-refractivity contribution is -0.140. The summed E-state index contributed by atoms with van der Waals surface area (Å²) < 4.78 is 37.6. The molecule has 0 aromatic heterocycles. The Bertz CT molecular complexity index is 1170. The Kier molecular flexibility index (Phi) is 9.44. The molecule has 0 spiro atoms. The van der Waals surface area contributed by atoms with Gasteiger partial charge in [-0.1, -0.05) is 37.6 Å². The quantitative estimate of drug-likeness (QED) is 0.472. The minimum atomic E-state index is -3.85. The van der Waals surface area contributed by atoms with Crippen LogP contribution in [0.5, 0.6) is 11.5 Å². The van der Waals surface area contributed by atoms with Crippen molar-refractivity contribution in [1.29, 1.82) is 0 Å². The molecular formula is C25H32ClN3O6S. The molecule has 1 heterocycles. The minimum Gasteiger partial charge on any atom is -0.486 e. The van der Waals surface area contributed by atoms with E-state index in [4.69, 9.17) is 21.1 Å². The van der Waals surface area contributed by atoms with Crippen molar-refractivity contribution in [3.8, 4) is 11.5 Å². The van der Waals surface area contributed by atoms with Gasteiger partial charge < -0.3 is 19.7 Å². The summed E-state index contributed by atoms with van der Waals surface area (Å²) in [5.74, 6) is 0.117. The lowest BCUT2D eigenvalue weighted by atomic mass is 10.1. The zero-order chi connectivity index (χ0) is 26.3. The smallest absolute Gasteiger partial charge is 0.244 e. The number of hydrogen-bond donors (Lipinski definition) is 1. The molecule has 1 unspecified atom stereocenters. The molecule has 0 saturated heterocycles. The Labute approximate surface area is 217 Å². The van der Waals surface area contributed by atoms with Crippen molar-refractivity contribution in [2.24, 2.45) is 0 Å². The van der Waals surface area contributed by atoms with Gasteiger partial charge in [0.1, 0.15) is 25.8 Å². The van der Waals surface area contributed by atoms with Gasteiger partial charge in [0.15, 0.2) is 11.5 Å². The Hall–Kier alpha value is -2.98. The number of rotatable bonds is 11. The Morgan fingerprint density at radius 3 is 2.33 bits per heavy atom. The van der Waals surface area contributed by atoms with E-state index in [1.807, 2.05) is 13.8 Å². The van der Waals surface area contributed by atoms with E-state index in [1.54, 1.807) is 36.4 Å². The van der Waals surface area contributed by atoms with Crippen molar-refractivity contribution < 1.29 is 27.5 Å². The van der Waals surface area contributed by atoms with Crippen molar-refractivity contribution in [3.05, 3.63) is 53.1 Å². The zero-order valence-electron chi connectivity index (χ0n) is 20.7. The fourth-order valence-corrected chi connectivity index (χ4v) is 4.84. The van der Waals surface area contributed by atoms with Gasteiger partial charge in [0.05, 0.1) is 11.9 Å². The van der Waals surface area contributed by atoms with E-state index in [-0.39, 0.29) is 18.1 Å². The maximum absolute atomic E-state index is 13.7. The van der Waals surface area contributed by atoms with Crippen LogP contribution in [-0.4, -0.2) is 63.7 Å². The molecule has 1 N–H and O–H groups in total. The highest BCUT2D eigenvalue weighted by atomic mass is 35.5. The third-order valence-corrected chi connectivity index (χ3v) is 7.09. The van der Waals surface area contributed by atoms with Crippen LogP contribution in [0.2, 0.25) is 5.02 Å². The van der Waals surface area contributed by atoms with Crippen molar-refractivity contribution in [2.75, 3.05) is 36.9 Å². The summed E-state index contributed by atoms with van der Waals surface area (Å²) >= 11 is 6.01. The van der Waals surface area contributed by atoms with Crippen LogP contribution in [0.1, 0.15) is 32.3 Å². The summed E-state index contributed by atoms with van der Waals surface area (Å²) in [5.41, 5.74) is 1.03. The second-order valence-electron chi connectivity index (χ2n) is 8.46. The normalized spacial score (nSPS) is 13.6. The van der Waals surface area contributed by atoms with Crippen LogP contribution in [0.3, 0.4) is 0 Å². The first-order valence-electron chi connectivity index (χ1n) is 11.8. The second kappa shape index (κ2) is 12.3. The van der Waals surface area contributed by atoms with Crippen LogP contribution in [-0.2, 0) is 26.2 Å². The van der Waals surface area contributed by atoms with Gasteiger partial charge in [0, 0.05) is 24.2 Å². The number of anilines is 1. The molecule has 2 amide bonds. The standard InChI is InChI=1S/C25H32ClN3O6S/c1-4-12-27-25(31)21(5-2)28(16-18-6-8-19(26)9-7-18)24(30)17-29(36(3,32)33)20-10-11-22-23(15-20)35-14-13-34-22/h6-11,15,21H,4-5,12-14,16-17H2,1-3H3,(H,27,31). The number of sulfonamides is 1. The SMILES string of the molecule is CCCNC(=O)C(CC)N(Cc1ccc(Cl)cc1)C(=O)CN(c1ccc2c(c1)OCCO2)S(C)(=O)=O. The Morgan fingerprint density at radius 1 is 1.06 bits per heavy atom. The molecule has 1 aliphatic heterocycles. The fraction of sp³-hybridized carbons (Fsp3) is 0.440. The van der Waals surface area contributed by atoms with Crippen LogP contribution in [0.25, 0.3) is 0 Å². The average Bonchev–Trinajstić information content (AvgIpc) is 2.85. The molecule has 0 bridgehead atoms. The molecule has 0 radical (unpaired) electrons. The van der Waals surface area contributed by atoms with E-state index in [0.717, 1.165) is 22.5 Å². The number of carbonyl (C=O) groups excluding carboxylic acids is 2. The van der Waals surface area contributed by atoms with E-state index < -0.39 is 28.5 Å². The van der Waals surface area contributed by atoms with Crippen molar-refractivity contribution in [2.45, 2.75) is 39.3 Å². The summed E-state index contributed by atoms with van der Waals surface area (Å²) in [6.07, 6.45) is 2.14. The largest absolute Gasteiger partial charge is 0.486 e. The molecule has 0 saturated carbocycles.